The Kier molecular flexibility index (Phi) is 3.11. The first-order chi connectivity index (χ1) is 6.11. The Morgan fingerprint density at radius 3 is 2.46 bits per heavy atom. The average Bonchev–Trinajstić information content (AvgIpc) is 2.03. The zero-order chi connectivity index (χ0) is 9.84. The molecule has 13 heavy (non-hydrogen) atoms. The lowest BCUT2D eigenvalue weighted by Gasteiger charge is -2.28. The number of amides is 2. The number of hydrogen-bond acceptors (Lipinski definition) is 2. The van der Waals surface area contributed by atoms with Gasteiger partial charge in [0.1, 0.15) is 0 Å². The van der Waals surface area contributed by atoms with Gasteiger partial charge in [0.15, 0.2) is 0 Å². The number of carboxylic acid groups (broad SMARTS) is 1. The van der Waals surface area contributed by atoms with Crippen LogP contribution < -0.4 is 11.1 Å². The molecule has 4 N–H and O–H groups in total. The van der Waals surface area contributed by atoms with Gasteiger partial charge in [-0.05, 0) is 12.8 Å². The highest BCUT2D eigenvalue weighted by Crippen LogP contribution is 2.24. The van der Waals surface area contributed by atoms with Gasteiger partial charge < -0.3 is 16.2 Å². The largest absolute Gasteiger partial charge is 0.481 e. The van der Waals surface area contributed by atoms with Crippen molar-refractivity contribution < 1.29 is 14.7 Å². The van der Waals surface area contributed by atoms with Gasteiger partial charge in [-0.25, -0.2) is 4.79 Å². The van der Waals surface area contributed by atoms with Crippen LogP contribution in [0.3, 0.4) is 0 Å². The number of hydrogen-bond donors (Lipinski definition) is 3. The van der Waals surface area contributed by atoms with E-state index >= 15 is 0 Å². The molecule has 1 fully saturated rings. The zero-order valence-corrected chi connectivity index (χ0v) is 7.32. The summed E-state index contributed by atoms with van der Waals surface area (Å²) in [6, 6.07) is -0.929. The Balaban J connectivity index is 2.56. The van der Waals surface area contributed by atoms with Gasteiger partial charge in [-0.15, -0.1) is 0 Å². The molecule has 0 heterocycles. The molecule has 0 radical (unpaired) electrons. The summed E-state index contributed by atoms with van der Waals surface area (Å²) in [6.07, 6.45) is 3.20. The molecule has 1 rings (SSSR count). The normalized spacial score (nSPS) is 28.0. The van der Waals surface area contributed by atoms with Crippen molar-refractivity contribution in [3.63, 3.8) is 0 Å². The van der Waals surface area contributed by atoms with E-state index in [1.807, 2.05) is 0 Å². The molecule has 2 unspecified atom stereocenters. The summed E-state index contributed by atoms with van der Waals surface area (Å²) in [5, 5.41) is 11.3. The number of urea groups is 1. The molecule has 5 heteroatoms. The van der Waals surface area contributed by atoms with E-state index in [2.05, 4.69) is 5.32 Å². The van der Waals surface area contributed by atoms with Crippen LogP contribution in [0.1, 0.15) is 25.7 Å². The monoisotopic (exact) mass is 186 g/mol. The highest BCUT2D eigenvalue weighted by atomic mass is 16.4. The molecule has 0 aromatic rings. The van der Waals surface area contributed by atoms with Crippen LogP contribution in [-0.4, -0.2) is 23.1 Å². The first kappa shape index (κ1) is 9.83. The van der Waals surface area contributed by atoms with Gasteiger partial charge in [-0.3, -0.25) is 4.79 Å². The van der Waals surface area contributed by atoms with E-state index in [1.165, 1.54) is 0 Å². The maximum absolute atomic E-state index is 10.8. The number of primary amides is 1. The number of aliphatic carboxylic acids is 1. The topological polar surface area (TPSA) is 92.4 Å². The standard InChI is InChI=1S/C8H14N2O3/c9-8(13)10-6-4-2-1-3-5(6)7(11)12/h5-6H,1-4H2,(H,11,12)(H3,9,10,13). The molecule has 5 nitrogen and oxygen atoms in total. The predicted octanol–water partition coefficient (Wildman–Crippen LogP) is 0.298. The Bertz CT molecular complexity index is 217. The zero-order valence-electron chi connectivity index (χ0n) is 7.32. The first-order valence-corrected chi connectivity index (χ1v) is 4.40. The molecule has 2 atom stereocenters. The summed E-state index contributed by atoms with van der Waals surface area (Å²) in [5.41, 5.74) is 4.94. The molecule has 0 bridgehead atoms. The first-order valence-electron chi connectivity index (χ1n) is 4.40. The quantitative estimate of drug-likeness (QED) is 0.579. The van der Waals surface area contributed by atoms with Crippen LogP contribution in [0, 0.1) is 5.92 Å². The summed E-state index contributed by atoms with van der Waals surface area (Å²) in [4.78, 5) is 21.3. The van der Waals surface area contributed by atoms with Crippen molar-refractivity contribution >= 4 is 12.0 Å². The summed E-state index contributed by atoms with van der Waals surface area (Å²) in [6.45, 7) is 0. The van der Waals surface area contributed by atoms with E-state index in [4.69, 9.17) is 10.8 Å². The lowest BCUT2D eigenvalue weighted by molar-refractivity contribution is -0.143. The van der Waals surface area contributed by atoms with Gasteiger partial charge in [-0.2, -0.15) is 0 Å². The maximum atomic E-state index is 10.8. The Morgan fingerprint density at radius 1 is 1.31 bits per heavy atom. The van der Waals surface area contributed by atoms with E-state index in [-0.39, 0.29) is 6.04 Å². The van der Waals surface area contributed by atoms with E-state index in [0.717, 1.165) is 12.8 Å². The summed E-state index contributed by atoms with van der Waals surface area (Å²) >= 11 is 0. The lowest BCUT2D eigenvalue weighted by atomic mass is 9.84. The van der Waals surface area contributed by atoms with E-state index in [1.54, 1.807) is 0 Å². The molecular formula is C8H14N2O3. The fourth-order valence-corrected chi connectivity index (χ4v) is 1.78. The molecule has 1 aliphatic carbocycles. The van der Waals surface area contributed by atoms with Gasteiger partial charge in [0, 0.05) is 6.04 Å². The van der Waals surface area contributed by atoms with Gasteiger partial charge >= 0.3 is 12.0 Å². The number of nitrogens with one attached hydrogen (secondary N) is 1. The van der Waals surface area contributed by atoms with Crippen molar-refractivity contribution in [3.05, 3.63) is 0 Å². The molecular weight excluding hydrogens is 172 g/mol. The number of rotatable bonds is 2. The fraction of sp³-hybridized carbons (Fsp3) is 0.750. The maximum Gasteiger partial charge on any atom is 0.312 e. The average molecular weight is 186 g/mol. The molecule has 0 aromatic heterocycles. The van der Waals surface area contributed by atoms with Gasteiger partial charge in [0.05, 0.1) is 5.92 Å². The third kappa shape index (κ3) is 2.61. The molecule has 0 aromatic carbocycles. The van der Waals surface area contributed by atoms with E-state index in [9.17, 15) is 9.59 Å². The second-order valence-electron chi connectivity index (χ2n) is 3.34. The minimum atomic E-state index is -0.849. The van der Waals surface area contributed by atoms with Crippen molar-refractivity contribution in [1.29, 1.82) is 0 Å². The van der Waals surface area contributed by atoms with Crippen LogP contribution in [0.5, 0.6) is 0 Å². The molecule has 0 saturated heterocycles. The van der Waals surface area contributed by atoms with Crippen molar-refractivity contribution in [3.8, 4) is 0 Å². The van der Waals surface area contributed by atoms with Crippen LogP contribution in [0.15, 0.2) is 0 Å². The second-order valence-corrected chi connectivity index (χ2v) is 3.34. The van der Waals surface area contributed by atoms with Gasteiger partial charge in [0.2, 0.25) is 0 Å². The van der Waals surface area contributed by atoms with Crippen LogP contribution in [0.25, 0.3) is 0 Å². The summed E-state index contributed by atoms with van der Waals surface area (Å²) in [7, 11) is 0. The Morgan fingerprint density at radius 2 is 1.92 bits per heavy atom. The lowest BCUT2D eigenvalue weighted by Crippen LogP contribution is -2.47. The molecule has 1 saturated carbocycles. The second kappa shape index (κ2) is 4.11. The van der Waals surface area contributed by atoms with Crippen molar-refractivity contribution in [2.24, 2.45) is 11.7 Å². The highest BCUT2D eigenvalue weighted by Gasteiger charge is 2.31. The number of carbonyl (C=O) groups is 2. The minimum absolute atomic E-state index is 0.288. The van der Waals surface area contributed by atoms with Crippen LogP contribution in [0.4, 0.5) is 4.79 Å². The molecule has 0 aliphatic heterocycles. The minimum Gasteiger partial charge on any atom is -0.481 e. The third-order valence-electron chi connectivity index (χ3n) is 2.41. The van der Waals surface area contributed by atoms with Crippen molar-refractivity contribution in [2.75, 3.05) is 0 Å². The Labute approximate surface area is 76.3 Å². The van der Waals surface area contributed by atoms with Crippen LogP contribution in [-0.2, 0) is 4.79 Å². The van der Waals surface area contributed by atoms with Crippen molar-refractivity contribution in [2.45, 2.75) is 31.7 Å². The van der Waals surface area contributed by atoms with Gasteiger partial charge in [0.25, 0.3) is 0 Å². The number of carboxylic acids is 1. The SMILES string of the molecule is NC(=O)NC1CCCCC1C(=O)O. The van der Waals surface area contributed by atoms with Crippen LogP contribution >= 0.6 is 0 Å². The van der Waals surface area contributed by atoms with Gasteiger partial charge in [-0.1, -0.05) is 12.8 Å². The highest BCUT2D eigenvalue weighted by molar-refractivity contribution is 5.75. The van der Waals surface area contributed by atoms with Crippen molar-refractivity contribution in [1.82, 2.24) is 5.32 Å². The Hall–Kier alpha value is -1.26. The fourth-order valence-electron chi connectivity index (χ4n) is 1.78. The van der Waals surface area contributed by atoms with E-state index in [0.29, 0.717) is 12.8 Å². The third-order valence-corrected chi connectivity index (χ3v) is 2.41. The number of nitrogens with two attached hydrogens (primary N) is 1. The smallest absolute Gasteiger partial charge is 0.312 e. The molecule has 1 aliphatic rings. The number of carbonyl (C=O) groups excluding carboxylic acids is 1. The van der Waals surface area contributed by atoms with E-state index < -0.39 is 17.9 Å². The van der Waals surface area contributed by atoms with Crippen LogP contribution in [0.2, 0.25) is 0 Å². The predicted molar refractivity (Wildman–Crippen MR) is 46.1 cm³/mol. The molecule has 2 amide bonds. The summed E-state index contributed by atoms with van der Waals surface area (Å²) in [5.74, 6) is -1.32. The molecule has 0 spiro atoms. The molecule has 74 valence electrons. The summed E-state index contributed by atoms with van der Waals surface area (Å²) < 4.78 is 0.